The van der Waals surface area contributed by atoms with Gasteiger partial charge >= 0.3 is 0 Å². The molecule has 4 aromatic rings. The van der Waals surface area contributed by atoms with Crippen LogP contribution in [0.3, 0.4) is 0 Å². The highest BCUT2D eigenvalue weighted by atomic mass is 16.5. The summed E-state index contributed by atoms with van der Waals surface area (Å²) < 4.78 is 8.36. The lowest BCUT2D eigenvalue weighted by molar-refractivity contribution is -0.116. The maximum absolute atomic E-state index is 13.0. The van der Waals surface area contributed by atoms with Crippen LogP contribution < -0.4 is 15.6 Å². The molecule has 2 aromatic heterocycles. The second-order valence-corrected chi connectivity index (χ2v) is 7.46. The SMILES string of the molecule is COc1cccc(NC(=O)Cn2c3c(c(=O)n4nc(-c5ccccc5)nc24)CCC3)c1. The quantitative estimate of drug-likeness (QED) is 0.541. The van der Waals surface area contributed by atoms with Gasteiger partial charge in [-0.05, 0) is 31.4 Å². The van der Waals surface area contributed by atoms with E-state index in [1.54, 1.807) is 19.2 Å². The number of hydrogen-bond donors (Lipinski definition) is 1. The fraction of sp³-hybridized carbons (Fsp3) is 0.217. The summed E-state index contributed by atoms with van der Waals surface area (Å²) >= 11 is 0. The first-order chi connectivity index (χ1) is 15.1. The number of methoxy groups -OCH3 is 1. The van der Waals surface area contributed by atoms with E-state index in [2.05, 4.69) is 15.4 Å². The Balaban J connectivity index is 1.55. The van der Waals surface area contributed by atoms with E-state index in [0.717, 1.165) is 24.1 Å². The number of ether oxygens (including phenoxy) is 1. The molecular weight excluding hydrogens is 394 g/mol. The van der Waals surface area contributed by atoms with Crippen LogP contribution >= 0.6 is 0 Å². The molecule has 8 nitrogen and oxygen atoms in total. The topological polar surface area (TPSA) is 90.5 Å². The van der Waals surface area contributed by atoms with E-state index < -0.39 is 0 Å². The molecule has 5 rings (SSSR count). The fourth-order valence-corrected chi connectivity index (χ4v) is 4.04. The van der Waals surface area contributed by atoms with Crippen LogP contribution in [0.15, 0.2) is 59.4 Å². The van der Waals surface area contributed by atoms with Gasteiger partial charge in [-0.2, -0.15) is 9.50 Å². The van der Waals surface area contributed by atoms with E-state index >= 15 is 0 Å². The molecule has 8 heteroatoms. The van der Waals surface area contributed by atoms with Gasteiger partial charge in [-0.3, -0.25) is 9.59 Å². The summed E-state index contributed by atoms with van der Waals surface area (Å²) in [6.45, 7) is 0.0379. The maximum atomic E-state index is 13.0. The molecule has 0 unspecified atom stereocenters. The van der Waals surface area contributed by atoms with Crippen molar-refractivity contribution in [2.45, 2.75) is 25.8 Å². The minimum atomic E-state index is -0.211. The Bertz CT molecular complexity index is 1340. The van der Waals surface area contributed by atoms with E-state index in [-0.39, 0.29) is 18.0 Å². The van der Waals surface area contributed by atoms with E-state index in [0.29, 0.717) is 35.0 Å². The molecule has 1 N–H and O–H groups in total. The molecule has 31 heavy (non-hydrogen) atoms. The Morgan fingerprint density at radius 3 is 2.77 bits per heavy atom. The van der Waals surface area contributed by atoms with Crippen LogP contribution in [-0.4, -0.2) is 32.2 Å². The largest absolute Gasteiger partial charge is 0.497 e. The van der Waals surface area contributed by atoms with Crippen molar-refractivity contribution in [1.29, 1.82) is 0 Å². The number of carbonyl (C=O) groups is 1. The molecule has 0 fully saturated rings. The van der Waals surface area contributed by atoms with Crippen LogP contribution in [0.5, 0.6) is 5.75 Å². The zero-order valence-corrected chi connectivity index (χ0v) is 17.0. The van der Waals surface area contributed by atoms with Crippen LogP contribution in [0.2, 0.25) is 0 Å². The Kier molecular flexibility index (Phi) is 4.74. The molecule has 0 radical (unpaired) electrons. The van der Waals surface area contributed by atoms with Gasteiger partial charge in [0.05, 0.1) is 7.11 Å². The third-order valence-electron chi connectivity index (χ3n) is 5.48. The second-order valence-electron chi connectivity index (χ2n) is 7.46. The number of hydrogen-bond acceptors (Lipinski definition) is 5. The molecule has 0 aliphatic heterocycles. The molecule has 1 aliphatic rings. The average Bonchev–Trinajstić information content (AvgIpc) is 3.46. The van der Waals surface area contributed by atoms with Gasteiger partial charge < -0.3 is 14.6 Å². The third kappa shape index (κ3) is 3.46. The second kappa shape index (κ2) is 7.71. The Morgan fingerprint density at radius 2 is 1.97 bits per heavy atom. The predicted octanol–water partition coefficient (Wildman–Crippen LogP) is 2.69. The third-order valence-corrected chi connectivity index (χ3v) is 5.48. The number of aromatic nitrogens is 4. The molecule has 0 saturated carbocycles. The van der Waals surface area contributed by atoms with Gasteiger partial charge in [-0.1, -0.05) is 36.4 Å². The number of anilines is 1. The molecule has 2 aromatic carbocycles. The molecule has 0 atom stereocenters. The minimum absolute atomic E-state index is 0.0379. The van der Waals surface area contributed by atoms with Crippen LogP contribution in [0.25, 0.3) is 17.2 Å². The lowest BCUT2D eigenvalue weighted by Gasteiger charge is -2.14. The number of carbonyl (C=O) groups excluding carboxylic acids is 1. The first kappa shape index (κ1) is 19.0. The normalized spacial score (nSPS) is 12.7. The van der Waals surface area contributed by atoms with Gasteiger partial charge in [-0.15, -0.1) is 5.10 Å². The summed E-state index contributed by atoms with van der Waals surface area (Å²) in [6, 6.07) is 16.7. The van der Waals surface area contributed by atoms with Crippen molar-refractivity contribution in [3.8, 4) is 17.1 Å². The first-order valence-corrected chi connectivity index (χ1v) is 10.1. The number of benzene rings is 2. The predicted molar refractivity (Wildman–Crippen MR) is 116 cm³/mol. The van der Waals surface area contributed by atoms with E-state index in [4.69, 9.17) is 4.74 Å². The highest BCUT2D eigenvalue weighted by Crippen LogP contribution is 2.23. The van der Waals surface area contributed by atoms with Crippen molar-refractivity contribution in [2.75, 3.05) is 12.4 Å². The highest BCUT2D eigenvalue weighted by molar-refractivity contribution is 5.91. The van der Waals surface area contributed by atoms with E-state index in [9.17, 15) is 9.59 Å². The van der Waals surface area contributed by atoms with Gasteiger partial charge in [0.1, 0.15) is 12.3 Å². The zero-order chi connectivity index (χ0) is 21.4. The van der Waals surface area contributed by atoms with Crippen molar-refractivity contribution in [2.24, 2.45) is 0 Å². The number of nitrogens with one attached hydrogen (secondary N) is 1. The summed E-state index contributed by atoms with van der Waals surface area (Å²) in [5.41, 5.74) is 2.89. The minimum Gasteiger partial charge on any atom is -0.497 e. The zero-order valence-electron chi connectivity index (χ0n) is 17.0. The van der Waals surface area contributed by atoms with Crippen LogP contribution in [-0.2, 0) is 24.2 Å². The summed E-state index contributed by atoms with van der Waals surface area (Å²) in [6.07, 6.45) is 2.30. The van der Waals surface area contributed by atoms with E-state index in [1.165, 1.54) is 4.52 Å². The monoisotopic (exact) mass is 415 g/mol. The fourth-order valence-electron chi connectivity index (χ4n) is 4.04. The van der Waals surface area contributed by atoms with Gasteiger partial charge in [-0.25, -0.2) is 0 Å². The molecular formula is C23H21N5O3. The van der Waals surface area contributed by atoms with Crippen LogP contribution in [0.4, 0.5) is 5.69 Å². The van der Waals surface area contributed by atoms with Crippen molar-refractivity contribution in [1.82, 2.24) is 19.2 Å². The maximum Gasteiger partial charge on any atom is 0.279 e. The highest BCUT2D eigenvalue weighted by Gasteiger charge is 2.25. The summed E-state index contributed by atoms with van der Waals surface area (Å²) in [7, 11) is 1.58. The lowest BCUT2D eigenvalue weighted by atomic mass is 10.2. The Hall–Kier alpha value is -3.94. The van der Waals surface area contributed by atoms with Gasteiger partial charge in [0, 0.05) is 28.6 Å². The van der Waals surface area contributed by atoms with E-state index in [1.807, 2.05) is 47.0 Å². The van der Waals surface area contributed by atoms with Crippen molar-refractivity contribution >= 4 is 17.4 Å². The Morgan fingerprint density at radius 1 is 1.13 bits per heavy atom. The van der Waals surface area contributed by atoms with Crippen molar-refractivity contribution < 1.29 is 9.53 Å². The molecule has 156 valence electrons. The summed E-state index contributed by atoms with van der Waals surface area (Å²) in [4.78, 5) is 30.5. The van der Waals surface area contributed by atoms with Crippen molar-refractivity contribution in [3.63, 3.8) is 0 Å². The lowest BCUT2D eigenvalue weighted by Crippen LogP contribution is -2.28. The van der Waals surface area contributed by atoms with Gasteiger partial charge in [0.25, 0.3) is 5.56 Å². The summed E-state index contributed by atoms with van der Waals surface area (Å²) in [5, 5.41) is 7.36. The molecule has 2 heterocycles. The number of nitrogens with zero attached hydrogens (tertiary/aromatic N) is 4. The molecule has 0 spiro atoms. The van der Waals surface area contributed by atoms with Crippen molar-refractivity contribution in [3.05, 3.63) is 76.2 Å². The van der Waals surface area contributed by atoms with Crippen LogP contribution in [0.1, 0.15) is 17.7 Å². The van der Waals surface area contributed by atoms with Gasteiger partial charge in [0.15, 0.2) is 5.82 Å². The first-order valence-electron chi connectivity index (χ1n) is 10.1. The molecule has 1 amide bonds. The smallest absolute Gasteiger partial charge is 0.279 e. The average molecular weight is 415 g/mol. The molecule has 0 saturated heterocycles. The van der Waals surface area contributed by atoms with Crippen LogP contribution in [0, 0.1) is 0 Å². The standard InChI is InChI=1S/C23H21N5O3/c1-31-17-10-5-9-16(13-17)24-20(29)14-27-19-12-6-11-18(19)22(30)28-23(27)25-21(26-28)15-7-3-2-4-8-15/h2-5,7-10,13H,6,11-12,14H2,1H3,(H,24,29). The van der Waals surface area contributed by atoms with Gasteiger partial charge in [0.2, 0.25) is 11.7 Å². The summed E-state index contributed by atoms with van der Waals surface area (Å²) in [5.74, 6) is 1.29. The number of rotatable bonds is 5. The Labute approximate surface area is 178 Å². The molecule has 1 aliphatic carbocycles. The number of fused-ring (bicyclic) bond motifs is 2. The number of amides is 1. The molecule has 0 bridgehead atoms.